The summed E-state index contributed by atoms with van der Waals surface area (Å²) in [6.07, 6.45) is 0. The highest BCUT2D eigenvalue weighted by atomic mass is 16.5. The van der Waals surface area contributed by atoms with Gasteiger partial charge in [0.05, 0.1) is 34.5 Å². The molecule has 0 radical (unpaired) electrons. The smallest absolute Gasteiger partial charge is 0.243 e. The maximum atomic E-state index is 12.2. The van der Waals surface area contributed by atoms with Crippen molar-refractivity contribution in [2.75, 3.05) is 46.4 Å². The van der Waals surface area contributed by atoms with Crippen LogP contribution >= 0.6 is 0 Å². The van der Waals surface area contributed by atoms with Crippen molar-refractivity contribution in [3.63, 3.8) is 0 Å². The summed E-state index contributed by atoms with van der Waals surface area (Å²) in [7, 11) is 4.58. The number of hydrogen-bond acceptors (Lipinski definition) is 6. The lowest BCUT2D eigenvalue weighted by Crippen LogP contribution is -2.48. The van der Waals surface area contributed by atoms with Crippen molar-refractivity contribution in [2.24, 2.45) is 0 Å². The summed E-state index contributed by atoms with van der Waals surface area (Å²) in [6.45, 7) is 1.64. The van der Waals surface area contributed by atoms with Gasteiger partial charge in [0.2, 0.25) is 11.7 Å². The van der Waals surface area contributed by atoms with Gasteiger partial charge in [-0.1, -0.05) is 0 Å². The number of carbonyl (C=O) groups is 1. The van der Waals surface area contributed by atoms with Crippen molar-refractivity contribution in [3.05, 3.63) is 12.1 Å². The van der Waals surface area contributed by atoms with Crippen LogP contribution in [0.2, 0.25) is 0 Å². The number of anilines is 1. The van der Waals surface area contributed by atoms with Crippen molar-refractivity contribution >= 4 is 11.6 Å². The fraction of sp³-hybridized carbons (Fsp3) is 0.500. The lowest BCUT2D eigenvalue weighted by Gasteiger charge is -2.23. The van der Waals surface area contributed by atoms with Crippen LogP contribution in [0.15, 0.2) is 12.1 Å². The lowest BCUT2D eigenvalue weighted by molar-refractivity contribution is -0.120. The minimum Gasteiger partial charge on any atom is -0.493 e. The first kappa shape index (κ1) is 15.4. The van der Waals surface area contributed by atoms with Gasteiger partial charge in [-0.15, -0.1) is 0 Å². The van der Waals surface area contributed by atoms with Crippen molar-refractivity contribution < 1.29 is 23.7 Å². The summed E-state index contributed by atoms with van der Waals surface area (Å²) in [6, 6.07) is 3.00. The molecule has 0 aromatic heterocycles. The number of carbonyl (C=O) groups excluding carboxylic acids is 1. The van der Waals surface area contributed by atoms with Gasteiger partial charge in [0, 0.05) is 24.4 Å². The van der Waals surface area contributed by atoms with Gasteiger partial charge in [-0.25, -0.2) is 0 Å². The second kappa shape index (κ2) is 7.14. The van der Waals surface area contributed by atoms with Crippen LogP contribution in [0.5, 0.6) is 17.2 Å². The highest BCUT2D eigenvalue weighted by Gasteiger charge is 2.22. The Morgan fingerprint density at radius 3 is 2.38 bits per heavy atom. The van der Waals surface area contributed by atoms with Crippen LogP contribution in [0.3, 0.4) is 0 Å². The highest BCUT2D eigenvalue weighted by Crippen LogP contribution is 2.39. The molecule has 2 rings (SSSR count). The van der Waals surface area contributed by atoms with Gasteiger partial charge >= 0.3 is 0 Å². The zero-order valence-corrected chi connectivity index (χ0v) is 12.4. The SMILES string of the molecule is COc1cc(NC(=O)C2COCCN2)cc(OC)c1OC. The van der Waals surface area contributed by atoms with E-state index in [0.29, 0.717) is 42.7 Å². The van der Waals surface area contributed by atoms with Gasteiger partial charge in [-0.3, -0.25) is 4.79 Å². The number of amides is 1. The normalized spacial score (nSPS) is 18.0. The molecule has 0 saturated carbocycles. The summed E-state index contributed by atoms with van der Waals surface area (Å²) in [5.74, 6) is 1.29. The van der Waals surface area contributed by atoms with Crippen LogP contribution < -0.4 is 24.8 Å². The van der Waals surface area contributed by atoms with Crippen LogP contribution in [0.1, 0.15) is 0 Å². The molecule has 1 aliphatic rings. The standard InChI is InChI=1S/C14H20N2O5/c1-18-11-6-9(7-12(19-2)13(11)20-3)16-14(17)10-8-21-5-4-15-10/h6-7,10,15H,4-5,8H2,1-3H3,(H,16,17). The van der Waals surface area contributed by atoms with E-state index in [0.717, 1.165) is 0 Å². The largest absolute Gasteiger partial charge is 0.493 e. The van der Waals surface area contributed by atoms with Gasteiger partial charge in [0.25, 0.3) is 0 Å². The molecule has 1 heterocycles. The molecule has 2 N–H and O–H groups in total. The Labute approximate surface area is 123 Å². The molecule has 1 atom stereocenters. The average molecular weight is 296 g/mol. The Balaban J connectivity index is 2.17. The minimum atomic E-state index is -0.363. The third kappa shape index (κ3) is 3.56. The van der Waals surface area contributed by atoms with E-state index >= 15 is 0 Å². The summed E-state index contributed by atoms with van der Waals surface area (Å²) >= 11 is 0. The predicted octanol–water partition coefficient (Wildman–Crippen LogP) is 0.639. The Kier molecular flexibility index (Phi) is 5.24. The molecule has 0 aliphatic carbocycles. The number of nitrogens with one attached hydrogen (secondary N) is 2. The fourth-order valence-electron chi connectivity index (χ4n) is 2.12. The van der Waals surface area contributed by atoms with Crippen LogP contribution in [0.25, 0.3) is 0 Å². The molecule has 116 valence electrons. The van der Waals surface area contributed by atoms with Gasteiger partial charge in [0.1, 0.15) is 6.04 Å². The van der Waals surface area contributed by atoms with Crippen LogP contribution in [-0.2, 0) is 9.53 Å². The van der Waals surface area contributed by atoms with E-state index < -0.39 is 0 Å². The van der Waals surface area contributed by atoms with E-state index in [2.05, 4.69) is 10.6 Å². The zero-order valence-electron chi connectivity index (χ0n) is 12.4. The molecule has 1 aromatic rings. The Bertz CT molecular complexity index is 475. The molecule has 1 aliphatic heterocycles. The van der Waals surface area contributed by atoms with Crippen LogP contribution in [0, 0.1) is 0 Å². The maximum Gasteiger partial charge on any atom is 0.243 e. The molecule has 7 heteroatoms. The minimum absolute atomic E-state index is 0.163. The molecule has 0 spiro atoms. The van der Waals surface area contributed by atoms with Crippen molar-refractivity contribution in [1.82, 2.24) is 5.32 Å². The third-order valence-electron chi connectivity index (χ3n) is 3.17. The molecule has 21 heavy (non-hydrogen) atoms. The Hall–Kier alpha value is -1.99. The molecule has 1 unspecified atom stereocenters. The van der Waals surface area contributed by atoms with E-state index in [4.69, 9.17) is 18.9 Å². The lowest BCUT2D eigenvalue weighted by atomic mass is 10.2. The molecule has 1 amide bonds. The summed E-state index contributed by atoms with van der Waals surface area (Å²) < 4.78 is 21.0. The van der Waals surface area contributed by atoms with E-state index in [9.17, 15) is 4.79 Å². The van der Waals surface area contributed by atoms with Gasteiger partial charge in [-0.2, -0.15) is 0 Å². The molecule has 1 saturated heterocycles. The fourth-order valence-corrected chi connectivity index (χ4v) is 2.12. The zero-order chi connectivity index (χ0) is 15.2. The van der Waals surface area contributed by atoms with Gasteiger partial charge < -0.3 is 29.6 Å². The van der Waals surface area contributed by atoms with Crippen molar-refractivity contribution in [3.8, 4) is 17.2 Å². The number of ether oxygens (including phenoxy) is 4. The van der Waals surface area contributed by atoms with E-state index in [1.54, 1.807) is 12.1 Å². The number of methoxy groups -OCH3 is 3. The van der Waals surface area contributed by atoms with E-state index in [1.807, 2.05) is 0 Å². The highest BCUT2D eigenvalue weighted by molar-refractivity contribution is 5.95. The number of hydrogen-bond donors (Lipinski definition) is 2. The quantitative estimate of drug-likeness (QED) is 0.830. The first-order valence-corrected chi connectivity index (χ1v) is 6.61. The topological polar surface area (TPSA) is 78.1 Å². The maximum absolute atomic E-state index is 12.2. The molecular weight excluding hydrogens is 276 g/mol. The number of rotatable bonds is 5. The monoisotopic (exact) mass is 296 g/mol. The molecule has 0 bridgehead atoms. The predicted molar refractivity (Wildman–Crippen MR) is 77.3 cm³/mol. The third-order valence-corrected chi connectivity index (χ3v) is 3.17. The van der Waals surface area contributed by atoms with Gasteiger partial charge in [-0.05, 0) is 0 Å². The molecule has 7 nitrogen and oxygen atoms in total. The Morgan fingerprint density at radius 2 is 1.90 bits per heavy atom. The molecule has 1 fully saturated rings. The molecule has 1 aromatic carbocycles. The second-order valence-electron chi connectivity index (χ2n) is 4.48. The Morgan fingerprint density at radius 1 is 1.24 bits per heavy atom. The second-order valence-corrected chi connectivity index (χ2v) is 4.48. The first-order chi connectivity index (χ1) is 10.2. The van der Waals surface area contributed by atoms with E-state index in [-0.39, 0.29) is 11.9 Å². The number of benzene rings is 1. The summed E-state index contributed by atoms with van der Waals surface area (Å²) in [5, 5.41) is 5.91. The van der Waals surface area contributed by atoms with Crippen LogP contribution in [0.4, 0.5) is 5.69 Å². The average Bonchev–Trinajstić information content (AvgIpc) is 2.54. The first-order valence-electron chi connectivity index (χ1n) is 6.61. The van der Waals surface area contributed by atoms with Crippen LogP contribution in [-0.4, -0.2) is 53.0 Å². The van der Waals surface area contributed by atoms with E-state index in [1.165, 1.54) is 21.3 Å². The van der Waals surface area contributed by atoms with Crippen molar-refractivity contribution in [2.45, 2.75) is 6.04 Å². The summed E-state index contributed by atoms with van der Waals surface area (Å²) in [4.78, 5) is 12.2. The number of morpholine rings is 1. The van der Waals surface area contributed by atoms with Crippen molar-refractivity contribution in [1.29, 1.82) is 0 Å². The summed E-state index contributed by atoms with van der Waals surface area (Å²) in [5.41, 5.74) is 0.571. The molecular formula is C14H20N2O5. The van der Waals surface area contributed by atoms with Gasteiger partial charge in [0.15, 0.2) is 11.5 Å².